The number of carbonyl (C=O) groups is 1. The van der Waals surface area contributed by atoms with Crippen molar-refractivity contribution < 1.29 is 19.0 Å². The van der Waals surface area contributed by atoms with E-state index >= 15 is 0 Å². The highest BCUT2D eigenvalue weighted by Gasteiger charge is 2.20. The quantitative estimate of drug-likeness (QED) is 0.261. The molecular formula is C28H28Cl2O4. The number of rotatable bonds is 11. The average Bonchev–Trinajstić information content (AvgIpc) is 2.83. The van der Waals surface area contributed by atoms with Crippen LogP contribution in [0.15, 0.2) is 72.8 Å². The fourth-order valence-electron chi connectivity index (χ4n) is 3.41. The van der Waals surface area contributed by atoms with Crippen LogP contribution in [0.1, 0.15) is 25.0 Å². The van der Waals surface area contributed by atoms with E-state index in [1.165, 1.54) is 0 Å². The fourth-order valence-corrected chi connectivity index (χ4v) is 3.85. The van der Waals surface area contributed by atoms with Gasteiger partial charge in [-0.1, -0.05) is 65.7 Å². The molecule has 6 heteroatoms. The Bertz CT molecular complexity index is 1110. The Kier molecular flexibility index (Phi) is 10.0. The van der Waals surface area contributed by atoms with Crippen molar-refractivity contribution in [2.24, 2.45) is 0 Å². The normalized spacial score (nSPS) is 12.0. The van der Waals surface area contributed by atoms with Gasteiger partial charge in [-0.15, -0.1) is 0 Å². The van der Waals surface area contributed by atoms with Crippen LogP contribution in [0.2, 0.25) is 10.0 Å². The molecule has 178 valence electrons. The Morgan fingerprint density at radius 3 is 2.38 bits per heavy atom. The molecule has 0 saturated heterocycles. The molecule has 0 aliphatic heterocycles. The summed E-state index contributed by atoms with van der Waals surface area (Å²) in [6.07, 6.45) is 3.70. The molecule has 0 saturated carbocycles. The van der Waals surface area contributed by atoms with Crippen LogP contribution in [0.3, 0.4) is 0 Å². The van der Waals surface area contributed by atoms with Crippen LogP contribution >= 0.6 is 23.2 Å². The van der Waals surface area contributed by atoms with Crippen molar-refractivity contribution in [3.8, 4) is 16.9 Å². The van der Waals surface area contributed by atoms with Gasteiger partial charge in [-0.05, 0) is 72.5 Å². The van der Waals surface area contributed by atoms with Gasteiger partial charge in [0, 0.05) is 23.1 Å². The predicted molar refractivity (Wildman–Crippen MR) is 139 cm³/mol. The molecule has 0 aliphatic carbocycles. The number of hydrogen-bond acceptors (Lipinski definition) is 4. The minimum atomic E-state index is -0.602. The third-order valence-electron chi connectivity index (χ3n) is 5.06. The molecule has 3 aromatic carbocycles. The minimum absolute atomic E-state index is 0.333. The van der Waals surface area contributed by atoms with Crippen LogP contribution < -0.4 is 4.74 Å². The summed E-state index contributed by atoms with van der Waals surface area (Å²) in [4.78, 5) is 12.0. The first-order chi connectivity index (χ1) is 16.5. The lowest BCUT2D eigenvalue weighted by Gasteiger charge is -2.15. The molecule has 0 bridgehead atoms. The second kappa shape index (κ2) is 13.2. The lowest BCUT2D eigenvalue weighted by Crippen LogP contribution is -2.28. The van der Waals surface area contributed by atoms with Gasteiger partial charge in [0.25, 0.3) is 0 Å². The summed E-state index contributed by atoms with van der Waals surface area (Å²) in [6, 6.07) is 21.2. The Hall–Kier alpha value is -2.79. The predicted octanol–water partition coefficient (Wildman–Crippen LogP) is 7.26. The molecule has 0 fully saturated rings. The molecule has 0 N–H and O–H groups in total. The van der Waals surface area contributed by atoms with Crippen molar-refractivity contribution in [1.29, 1.82) is 0 Å². The van der Waals surface area contributed by atoms with E-state index in [0.717, 1.165) is 28.0 Å². The van der Waals surface area contributed by atoms with Crippen LogP contribution in [-0.4, -0.2) is 31.9 Å². The molecule has 34 heavy (non-hydrogen) atoms. The number of carbonyl (C=O) groups excluding carboxylic acids is 1. The van der Waals surface area contributed by atoms with E-state index in [2.05, 4.69) is 0 Å². The number of esters is 1. The highest BCUT2D eigenvalue weighted by molar-refractivity contribution is 6.32. The summed E-state index contributed by atoms with van der Waals surface area (Å²) in [7, 11) is 0. The fraction of sp³-hybridized carbons (Fsp3) is 0.250. The highest BCUT2D eigenvalue weighted by atomic mass is 35.5. The van der Waals surface area contributed by atoms with Crippen LogP contribution in [0.5, 0.6) is 5.75 Å². The summed E-state index contributed by atoms with van der Waals surface area (Å²) in [5.74, 6) is 0.397. The highest BCUT2D eigenvalue weighted by Crippen LogP contribution is 2.28. The molecule has 3 aromatic rings. The van der Waals surface area contributed by atoms with Gasteiger partial charge in [0.05, 0.1) is 6.61 Å². The maximum atomic E-state index is 12.0. The van der Waals surface area contributed by atoms with Gasteiger partial charge < -0.3 is 14.2 Å². The first-order valence-corrected chi connectivity index (χ1v) is 12.0. The van der Waals surface area contributed by atoms with E-state index in [4.69, 9.17) is 37.4 Å². The van der Waals surface area contributed by atoms with Gasteiger partial charge in [0.15, 0.2) is 6.10 Å². The second-order valence-corrected chi connectivity index (χ2v) is 8.35. The Labute approximate surface area is 211 Å². The van der Waals surface area contributed by atoms with E-state index in [-0.39, 0.29) is 5.97 Å². The minimum Gasteiger partial charge on any atom is -0.490 e. The third-order valence-corrected chi connectivity index (χ3v) is 5.63. The number of ether oxygens (including phenoxy) is 3. The standard InChI is InChI=1S/C28H28Cl2O4/c1-3-32-27(28(31)33-4-2)17-20-10-14-25(15-11-20)34-16-6-8-21-12-13-23(19-26(21)30)22-7-5-9-24(29)18-22/h5-15,18-19,27H,3-4,16-17H2,1-2H3/b8-6+/t27-/m0/s1. The van der Waals surface area contributed by atoms with E-state index in [1.807, 2.05) is 85.8 Å². The molecule has 0 aromatic heterocycles. The lowest BCUT2D eigenvalue weighted by molar-refractivity contribution is -0.156. The molecule has 0 unspecified atom stereocenters. The first-order valence-electron chi connectivity index (χ1n) is 11.2. The summed E-state index contributed by atoms with van der Waals surface area (Å²) in [5.41, 5.74) is 3.91. The lowest BCUT2D eigenvalue weighted by atomic mass is 10.0. The van der Waals surface area contributed by atoms with Crippen LogP contribution in [0.25, 0.3) is 17.2 Å². The second-order valence-electron chi connectivity index (χ2n) is 7.50. The molecule has 0 radical (unpaired) electrons. The van der Waals surface area contributed by atoms with Gasteiger partial charge in [-0.25, -0.2) is 4.79 Å². The van der Waals surface area contributed by atoms with Crippen molar-refractivity contribution in [3.05, 3.63) is 94.0 Å². The van der Waals surface area contributed by atoms with Crippen molar-refractivity contribution in [2.45, 2.75) is 26.4 Å². The first kappa shape index (κ1) is 25.8. The zero-order chi connectivity index (χ0) is 24.3. The van der Waals surface area contributed by atoms with Crippen molar-refractivity contribution in [3.63, 3.8) is 0 Å². The average molecular weight is 499 g/mol. The van der Waals surface area contributed by atoms with E-state index < -0.39 is 6.10 Å². The molecule has 0 heterocycles. The molecule has 0 aliphatic rings. The van der Waals surface area contributed by atoms with Crippen molar-refractivity contribution in [2.75, 3.05) is 19.8 Å². The molecule has 1 atom stereocenters. The summed E-state index contributed by atoms with van der Waals surface area (Å²) < 4.78 is 16.4. The van der Waals surface area contributed by atoms with Gasteiger partial charge in [0.1, 0.15) is 12.4 Å². The van der Waals surface area contributed by atoms with Gasteiger partial charge in [0.2, 0.25) is 0 Å². The number of hydrogen-bond donors (Lipinski definition) is 0. The summed E-state index contributed by atoms with van der Waals surface area (Å²) in [5, 5.41) is 1.35. The topological polar surface area (TPSA) is 44.8 Å². The Balaban J connectivity index is 1.54. The summed E-state index contributed by atoms with van der Waals surface area (Å²) >= 11 is 12.6. The zero-order valence-corrected chi connectivity index (χ0v) is 20.8. The van der Waals surface area contributed by atoms with Crippen LogP contribution in [0, 0.1) is 0 Å². The number of benzene rings is 3. The van der Waals surface area contributed by atoms with Crippen molar-refractivity contribution >= 4 is 35.2 Å². The molecule has 0 amide bonds. The van der Waals surface area contributed by atoms with Gasteiger partial charge >= 0.3 is 5.97 Å². The monoisotopic (exact) mass is 498 g/mol. The third kappa shape index (κ3) is 7.63. The maximum absolute atomic E-state index is 12.0. The summed E-state index contributed by atoms with van der Waals surface area (Å²) in [6.45, 7) is 4.82. The SMILES string of the molecule is CCOC(=O)[C@H](Cc1ccc(OC/C=C/c2ccc(-c3cccc(Cl)c3)cc2Cl)cc1)OCC. The Morgan fingerprint density at radius 2 is 1.71 bits per heavy atom. The smallest absolute Gasteiger partial charge is 0.335 e. The van der Waals surface area contributed by atoms with Crippen LogP contribution in [-0.2, 0) is 20.7 Å². The van der Waals surface area contributed by atoms with Crippen LogP contribution in [0.4, 0.5) is 0 Å². The van der Waals surface area contributed by atoms with Crippen molar-refractivity contribution in [1.82, 2.24) is 0 Å². The Morgan fingerprint density at radius 1 is 0.941 bits per heavy atom. The molecular weight excluding hydrogens is 471 g/mol. The molecule has 3 rings (SSSR count). The van der Waals surface area contributed by atoms with E-state index in [0.29, 0.717) is 36.3 Å². The van der Waals surface area contributed by atoms with Gasteiger partial charge in [-0.2, -0.15) is 0 Å². The largest absolute Gasteiger partial charge is 0.490 e. The zero-order valence-electron chi connectivity index (χ0n) is 19.3. The van der Waals surface area contributed by atoms with E-state index in [9.17, 15) is 4.79 Å². The maximum Gasteiger partial charge on any atom is 0.335 e. The van der Waals surface area contributed by atoms with Gasteiger partial charge in [-0.3, -0.25) is 0 Å². The number of halogens is 2. The van der Waals surface area contributed by atoms with E-state index in [1.54, 1.807) is 6.92 Å². The molecule has 4 nitrogen and oxygen atoms in total. The molecule has 0 spiro atoms.